The van der Waals surface area contributed by atoms with Crippen molar-refractivity contribution < 1.29 is 33.1 Å². The highest BCUT2D eigenvalue weighted by Crippen LogP contribution is 2.38. The van der Waals surface area contributed by atoms with E-state index in [1.807, 2.05) is 20.8 Å². The number of halogens is 1. The molecule has 0 atom stereocenters. The van der Waals surface area contributed by atoms with Gasteiger partial charge in [-0.15, -0.1) is 0 Å². The van der Waals surface area contributed by atoms with E-state index in [9.17, 15) is 19.3 Å². The van der Waals surface area contributed by atoms with Crippen LogP contribution in [0.3, 0.4) is 0 Å². The van der Waals surface area contributed by atoms with Crippen molar-refractivity contribution in [1.82, 2.24) is 14.8 Å². The Morgan fingerprint density at radius 3 is 2.44 bits per heavy atom. The SMILES string of the molecule is COc1cc2c(Oc3ccc([N+](=O)[O-])cc3F)ccnc2cc1OCCN1CCN(C(=O)OC(C)(C)C)CC1. The first-order valence-electron chi connectivity index (χ1n) is 12.5. The molecule has 11 nitrogen and oxygen atoms in total. The van der Waals surface area contributed by atoms with E-state index in [2.05, 4.69) is 9.88 Å². The largest absolute Gasteiger partial charge is 0.493 e. The molecule has 4 rings (SSSR count). The van der Waals surface area contributed by atoms with Gasteiger partial charge in [0.25, 0.3) is 5.69 Å². The summed E-state index contributed by atoms with van der Waals surface area (Å²) in [6, 6.07) is 8.17. The van der Waals surface area contributed by atoms with Gasteiger partial charge in [-0.05, 0) is 39.0 Å². The highest BCUT2D eigenvalue weighted by Gasteiger charge is 2.26. The van der Waals surface area contributed by atoms with Crippen molar-refractivity contribution in [3.8, 4) is 23.0 Å². The normalized spacial score (nSPS) is 14.2. The summed E-state index contributed by atoms with van der Waals surface area (Å²) < 4.78 is 37.1. The lowest BCUT2D eigenvalue weighted by molar-refractivity contribution is -0.385. The standard InChI is InChI=1S/C27H31FN4O7/c1-27(2,3)39-26(33)31-11-9-30(10-12-31)13-14-37-25-17-21-19(16-24(25)36-4)22(7-8-29-21)38-23-6-5-18(32(34)35)15-20(23)28/h5-8,15-17H,9-14H2,1-4H3. The van der Waals surface area contributed by atoms with Crippen LogP contribution in [0.5, 0.6) is 23.0 Å². The molecule has 2 aromatic carbocycles. The first-order valence-corrected chi connectivity index (χ1v) is 12.5. The van der Waals surface area contributed by atoms with Crippen LogP contribution in [0.15, 0.2) is 42.6 Å². The van der Waals surface area contributed by atoms with Crippen LogP contribution >= 0.6 is 0 Å². The van der Waals surface area contributed by atoms with Gasteiger partial charge < -0.3 is 23.8 Å². The van der Waals surface area contributed by atoms with Gasteiger partial charge in [-0.25, -0.2) is 9.18 Å². The third kappa shape index (κ3) is 7.02. The number of non-ortho nitro benzene ring substituents is 1. The van der Waals surface area contributed by atoms with E-state index in [0.29, 0.717) is 67.5 Å². The second-order valence-electron chi connectivity index (χ2n) is 9.96. The molecule has 2 heterocycles. The van der Waals surface area contributed by atoms with Crippen molar-refractivity contribution in [3.05, 3.63) is 58.5 Å². The molecule has 3 aromatic rings. The Morgan fingerprint density at radius 1 is 1.05 bits per heavy atom. The Kier molecular flexibility index (Phi) is 8.34. The number of rotatable bonds is 8. The second kappa shape index (κ2) is 11.7. The van der Waals surface area contributed by atoms with Crippen LogP contribution in [0.1, 0.15) is 20.8 Å². The van der Waals surface area contributed by atoms with Crippen LogP contribution in [0.2, 0.25) is 0 Å². The van der Waals surface area contributed by atoms with E-state index in [-0.39, 0.29) is 17.5 Å². The maximum Gasteiger partial charge on any atom is 0.410 e. The molecule has 12 heteroatoms. The van der Waals surface area contributed by atoms with Crippen LogP contribution in [0, 0.1) is 15.9 Å². The smallest absolute Gasteiger partial charge is 0.410 e. The number of hydrogen-bond donors (Lipinski definition) is 0. The summed E-state index contributed by atoms with van der Waals surface area (Å²) in [4.78, 5) is 30.8. The van der Waals surface area contributed by atoms with Gasteiger partial charge in [0.1, 0.15) is 18.0 Å². The van der Waals surface area contributed by atoms with Gasteiger partial charge in [0.15, 0.2) is 23.1 Å². The number of carbonyl (C=O) groups is 1. The molecule has 1 fully saturated rings. The predicted molar refractivity (Wildman–Crippen MR) is 141 cm³/mol. The molecule has 0 radical (unpaired) electrons. The molecule has 0 bridgehead atoms. The fraction of sp³-hybridized carbons (Fsp3) is 0.407. The number of nitro benzene ring substituents is 1. The zero-order chi connectivity index (χ0) is 28.2. The molecular formula is C27H31FN4O7. The van der Waals surface area contributed by atoms with Crippen LogP contribution in [0.4, 0.5) is 14.9 Å². The summed E-state index contributed by atoms with van der Waals surface area (Å²) in [5.41, 5.74) is -0.353. The maximum absolute atomic E-state index is 14.4. The molecule has 0 saturated carbocycles. The van der Waals surface area contributed by atoms with E-state index in [4.69, 9.17) is 18.9 Å². The number of benzene rings is 2. The summed E-state index contributed by atoms with van der Waals surface area (Å²) in [5, 5.41) is 11.4. The number of ether oxygens (including phenoxy) is 4. The molecule has 208 valence electrons. The number of carbonyl (C=O) groups excluding carboxylic acids is 1. The Bertz CT molecular complexity index is 1350. The zero-order valence-corrected chi connectivity index (χ0v) is 22.3. The molecule has 39 heavy (non-hydrogen) atoms. The van der Waals surface area contributed by atoms with E-state index in [1.165, 1.54) is 25.4 Å². The number of methoxy groups -OCH3 is 1. The predicted octanol–water partition coefficient (Wildman–Crippen LogP) is 5.01. The minimum Gasteiger partial charge on any atom is -0.493 e. The van der Waals surface area contributed by atoms with Crippen molar-refractivity contribution >= 4 is 22.7 Å². The van der Waals surface area contributed by atoms with E-state index < -0.39 is 16.3 Å². The van der Waals surface area contributed by atoms with Gasteiger partial charge in [0.05, 0.1) is 23.6 Å². The number of piperazine rings is 1. The molecule has 1 aliphatic heterocycles. The van der Waals surface area contributed by atoms with Gasteiger partial charge in [-0.2, -0.15) is 0 Å². The molecule has 1 saturated heterocycles. The lowest BCUT2D eigenvalue weighted by atomic mass is 10.1. The number of nitro groups is 1. The van der Waals surface area contributed by atoms with Crippen LogP contribution < -0.4 is 14.2 Å². The minimum absolute atomic E-state index is 0.154. The first kappa shape index (κ1) is 27.8. The molecule has 1 aromatic heterocycles. The van der Waals surface area contributed by atoms with Crippen molar-refractivity contribution in [2.45, 2.75) is 26.4 Å². The van der Waals surface area contributed by atoms with E-state index >= 15 is 0 Å². The van der Waals surface area contributed by atoms with Crippen LogP contribution in [0.25, 0.3) is 10.9 Å². The third-order valence-corrected chi connectivity index (χ3v) is 6.02. The molecular weight excluding hydrogens is 511 g/mol. The van der Waals surface area contributed by atoms with Gasteiger partial charge >= 0.3 is 6.09 Å². The molecule has 1 aliphatic rings. The molecule has 0 spiro atoms. The first-order chi connectivity index (χ1) is 18.5. The summed E-state index contributed by atoms with van der Waals surface area (Å²) in [6.45, 7) is 9.16. The number of amides is 1. The Hall–Kier alpha value is -4.19. The van der Waals surface area contributed by atoms with Crippen LogP contribution in [-0.2, 0) is 4.74 Å². The van der Waals surface area contributed by atoms with Gasteiger partial charge in [0.2, 0.25) is 0 Å². The van der Waals surface area contributed by atoms with Crippen molar-refractivity contribution in [1.29, 1.82) is 0 Å². The highest BCUT2D eigenvalue weighted by atomic mass is 19.1. The fourth-order valence-electron chi connectivity index (χ4n) is 4.06. The number of nitrogens with zero attached hydrogens (tertiary/aromatic N) is 4. The Labute approximate surface area is 225 Å². The third-order valence-electron chi connectivity index (χ3n) is 6.02. The summed E-state index contributed by atoms with van der Waals surface area (Å²) >= 11 is 0. The lowest BCUT2D eigenvalue weighted by Gasteiger charge is -2.35. The average molecular weight is 543 g/mol. The maximum atomic E-state index is 14.4. The number of hydrogen-bond acceptors (Lipinski definition) is 9. The second-order valence-corrected chi connectivity index (χ2v) is 9.96. The number of fused-ring (bicyclic) bond motifs is 1. The van der Waals surface area contributed by atoms with Crippen molar-refractivity contribution in [3.63, 3.8) is 0 Å². The molecule has 1 amide bonds. The number of pyridine rings is 1. The Balaban J connectivity index is 1.39. The summed E-state index contributed by atoms with van der Waals surface area (Å²) in [6.07, 6.45) is 1.22. The van der Waals surface area contributed by atoms with E-state index in [1.54, 1.807) is 23.1 Å². The Morgan fingerprint density at radius 2 is 1.79 bits per heavy atom. The van der Waals surface area contributed by atoms with Crippen molar-refractivity contribution in [2.24, 2.45) is 0 Å². The monoisotopic (exact) mass is 542 g/mol. The summed E-state index contributed by atoms with van der Waals surface area (Å²) in [7, 11) is 1.51. The zero-order valence-electron chi connectivity index (χ0n) is 22.3. The fourth-order valence-corrected chi connectivity index (χ4v) is 4.06. The molecule has 0 N–H and O–H groups in total. The van der Waals surface area contributed by atoms with E-state index in [0.717, 1.165) is 6.07 Å². The number of aromatic nitrogens is 1. The highest BCUT2D eigenvalue weighted by molar-refractivity contribution is 5.88. The van der Waals surface area contributed by atoms with Gasteiger partial charge in [-0.3, -0.25) is 20.0 Å². The van der Waals surface area contributed by atoms with Gasteiger partial charge in [0, 0.05) is 56.4 Å². The topological polar surface area (TPSA) is 116 Å². The van der Waals surface area contributed by atoms with Crippen LogP contribution in [-0.4, -0.2) is 77.8 Å². The molecule has 0 aliphatic carbocycles. The minimum atomic E-state index is -0.854. The lowest BCUT2D eigenvalue weighted by Crippen LogP contribution is -2.50. The van der Waals surface area contributed by atoms with Crippen molar-refractivity contribution in [2.75, 3.05) is 46.4 Å². The van der Waals surface area contributed by atoms with Gasteiger partial charge in [-0.1, -0.05) is 0 Å². The quantitative estimate of drug-likeness (QED) is 0.286. The average Bonchev–Trinajstić information content (AvgIpc) is 2.89. The summed E-state index contributed by atoms with van der Waals surface area (Å²) in [5.74, 6) is 0.232. The molecule has 0 unspecified atom stereocenters.